The Hall–Kier alpha value is -0.360. The van der Waals surface area contributed by atoms with Crippen LogP contribution in [0.15, 0.2) is 0 Å². The lowest BCUT2D eigenvalue weighted by Gasteiger charge is -2.11. The van der Waals surface area contributed by atoms with Crippen molar-refractivity contribution in [1.29, 1.82) is 0 Å². The van der Waals surface area contributed by atoms with Crippen molar-refractivity contribution in [3.63, 3.8) is 0 Å². The minimum Gasteiger partial charge on any atom is -0.350 e. The van der Waals surface area contributed by atoms with Crippen molar-refractivity contribution in [1.82, 2.24) is 10.2 Å². The van der Waals surface area contributed by atoms with Gasteiger partial charge < -0.3 is 5.32 Å². The molecule has 1 fully saturated rings. The normalized spacial score (nSPS) is 21.6. The van der Waals surface area contributed by atoms with Gasteiger partial charge in [0.25, 0.3) is 5.91 Å². The van der Waals surface area contributed by atoms with Gasteiger partial charge in [-0.25, -0.2) is 4.39 Å². The minimum atomic E-state index is -0.553. The van der Waals surface area contributed by atoms with Crippen molar-refractivity contribution in [3.8, 4) is 0 Å². The van der Waals surface area contributed by atoms with Gasteiger partial charge in [-0.15, -0.1) is 0 Å². The highest BCUT2D eigenvalue weighted by Gasteiger charge is 2.34. The van der Waals surface area contributed by atoms with Crippen LogP contribution in [-0.4, -0.2) is 47.2 Å². The molecule has 0 aliphatic carbocycles. The third kappa shape index (κ3) is 2.57. The molecule has 0 unspecified atom stereocenters. The number of carbonyl (C=O) groups is 1. The SMILES string of the molecule is CSCC[C@@H]1NC(=S)N(CCF)C1=O. The quantitative estimate of drug-likeness (QED) is 0.716. The second-order valence-corrected chi connectivity index (χ2v) is 4.33. The first-order valence-electron chi connectivity index (χ1n) is 4.37. The van der Waals surface area contributed by atoms with Crippen LogP contribution in [0.25, 0.3) is 0 Å². The molecule has 1 aliphatic rings. The standard InChI is InChI=1S/C8H13FN2OS2/c1-14-5-2-6-7(12)11(4-3-9)8(13)10-6/h6H,2-5H2,1H3,(H,10,13)/t6-/m0/s1. The van der Waals surface area contributed by atoms with Crippen LogP contribution in [-0.2, 0) is 4.79 Å². The molecular weight excluding hydrogens is 223 g/mol. The summed E-state index contributed by atoms with van der Waals surface area (Å²) < 4.78 is 12.1. The number of halogens is 1. The van der Waals surface area contributed by atoms with E-state index in [2.05, 4.69) is 5.32 Å². The largest absolute Gasteiger partial charge is 0.350 e. The first kappa shape index (κ1) is 11.7. The molecule has 3 nitrogen and oxygen atoms in total. The topological polar surface area (TPSA) is 32.3 Å². The van der Waals surface area contributed by atoms with Gasteiger partial charge in [-0.2, -0.15) is 11.8 Å². The van der Waals surface area contributed by atoms with Crippen LogP contribution in [0.1, 0.15) is 6.42 Å². The monoisotopic (exact) mass is 236 g/mol. The van der Waals surface area contributed by atoms with Crippen LogP contribution in [0.5, 0.6) is 0 Å². The Morgan fingerprint density at radius 1 is 1.71 bits per heavy atom. The number of alkyl halides is 1. The van der Waals surface area contributed by atoms with Gasteiger partial charge in [0, 0.05) is 0 Å². The van der Waals surface area contributed by atoms with Gasteiger partial charge in [-0.05, 0) is 30.6 Å². The fraction of sp³-hybridized carbons (Fsp3) is 0.750. The molecule has 1 atom stereocenters. The molecule has 80 valence electrons. The maximum absolute atomic E-state index is 12.1. The predicted octanol–water partition coefficient (Wildman–Crippen LogP) is 0.794. The van der Waals surface area contributed by atoms with Crippen molar-refractivity contribution in [2.45, 2.75) is 12.5 Å². The van der Waals surface area contributed by atoms with E-state index in [0.717, 1.165) is 12.2 Å². The Morgan fingerprint density at radius 3 is 3.00 bits per heavy atom. The number of nitrogens with zero attached hydrogens (tertiary/aromatic N) is 1. The molecule has 0 aromatic heterocycles. The van der Waals surface area contributed by atoms with Crippen LogP contribution in [0, 0.1) is 0 Å². The van der Waals surface area contributed by atoms with Crippen molar-refractivity contribution in [3.05, 3.63) is 0 Å². The number of thiocarbonyl (C=S) groups is 1. The molecule has 0 spiro atoms. The molecule has 1 rings (SSSR count). The molecule has 0 saturated carbocycles. The van der Waals surface area contributed by atoms with Gasteiger partial charge in [-0.1, -0.05) is 0 Å². The number of hydrogen-bond acceptors (Lipinski definition) is 3. The summed E-state index contributed by atoms with van der Waals surface area (Å²) in [5.74, 6) is 0.803. The molecule has 1 heterocycles. The zero-order valence-electron chi connectivity index (χ0n) is 7.96. The average Bonchev–Trinajstić information content (AvgIpc) is 2.43. The summed E-state index contributed by atoms with van der Waals surface area (Å²) >= 11 is 6.61. The molecule has 1 N–H and O–H groups in total. The Kier molecular flexibility index (Phi) is 4.60. The Labute approximate surface area is 92.4 Å². The summed E-state index contributed by atoms with van der Waals surface area (Å²) in [6, 6.07) is -0.249. The van der Waals surface area contributed by atoms with Crippen molar-refractivity contribution < 1.29 is 9.18 Å². The third-order valence-corrected chi connectivity index (χ3v) is 3.01. The van der Waals surface area contributed by atoms with Crippen molar-refractivity contribution in [2.75, 3.05) is 25.2 Å². The molecule has 1 amide bonds. The zero-order valence-corrected chi connectivity index (χ0v) is 9.59. The van der Waals surface area contributed by atoms with E-state index >= 15 is 0 Å². The highest BCUT2D eigenvalue weighted by Crippen LogP contribution is 2.11. The van der Waals surface area contributed by atoms with Gasteiger partial charge in [0.15, 0.2) is 5.11 Å². The van der Waals surface area contributed by atoms with E-state index in [0.29, 0.717) is 5.11 Å². The number of rotatable bonds is 5. The van der Waals surface area contributed by atoms with Crippen molar-refractivity contribution >= 4 is 35.0 Å². The number of nitrogens with one attached hydrogen (secondary N) is 1. The maximum Gasteiger partial charge on any atom is 0.251 e. The van der Waals surface area contributed by atoms with Gasteiger partial charge >= 0.3 is 0 Å². The average molecular weight is 236 g/mol. The summed E-state index contributed by atoms with van der Waals surface area (Å²) in [5.41, 5.74) is 0. The molecule has 1 aliphatic heterocycles. The lowest BCUT2D eigenvalue weighted by atomic mass is 10.2. The number of thioether (sulfide) groups is 1. The van der Waals surface area contributed by atoms with Gasteiger partial charge in [0.1, 0.15) is 12.7 Å². The van der Waals surface area contributed by atoms with Gasteiger partial charge in [0.05, 0.1) is 6.54 Å². The molecular formula is C8H13FN2OS2. The van der Waals surface area contributed by atoms with Gasteiger partial charge in [0.2, 0.25) is 0 Å². The van der Waals surface area contributed by atoms with Crippen LogP contribution in [0.3, 0.4) is 0 Å². The molecule has 0 radical (unpaired) electrons. The second kappa shape index (κ2) is 5.50. The minimum absolute atomic E-state index is 0.0699. The smallest absolute Gasteiger partial charge is 0.251 e. The highest BCUT2D eigenvalue weighted by molar-refractivity contribution is 7.98. The number of carbonyl (C=O) groups excluding carboxylic acids is 1. The fourth-order valence-corrected chi connectivity index (χ4v) is 2.10. The van der Waals surface area contributed by atoms with E-state index in [1.165, 1.54) is 4.90 Å². The Bertz CT molecular complexity index is 237. The lowest BCUT2D eigenvalue weighted by Crippen LogP contribution is -2.33. The summed E-state index contributed by atoms with van der Waals surface area (Å²) in [4.78, 5) is 12.9. The van der Waals surface area contributed by atoms with E-state index in [9.17, 15) is 9.18 Å². The zero-order chi connectivity index (χ0) is 10.6. The summed E-state index contributed by atoms with van der Waals surface area (Å²) in [6.07, 6.45) is 2.72. The fourth-order valence-electron chi connectivity index (χ4n) is 1.30. The third-order valence-electron chi connectivity index (χ3n) is 2.03. The molecule has 0 bridgehead atoms. The van der Waals surface area contributed by atoms with E-state index < -0.39 is 6.67 Å². The number of hydrogen-bond donors (Lipinski definition) is 1. The van der Waals surface area contributed by atoms with E-state index in [1.54, 1.807) is 11.8 Å². The Balaban J connectivity index is 2.51. The Morgan fingerprint density at radius 2 is 2.43 bits per heavy atom. The first-order chi connectivity index (χ1) is 6.70. The van der Waals surface area contributed by atoms with Crippen LogP contribution in [0.2, 0.25) is 0 Å². The summed E-state index contributed by atoms with van der Waals surface area (Å²) in [7, 11) is 0. The second-order valence-electron chi connectivity index (χ2n) is 2.96. The summed E-state index contributed by atoms with van der Waals surface area (Å²) in [5, 5.41) is 3.26. The predicted molar refractivity (Wildman–Crippen MR) is 60.2 cm³/mol. The number of amides is 1. The van der Waals surface area contributed by atoms with Crippen LogP contribution < -0.4 is 5.32 Å². The molecule has 1 saturated heterocycles. The van der Waals surface area contributed by atoms with E-state index in [4.69, 9.17) is 12.2 Å². The summed E-state index contributed by atoms with van der Waals surface area (Å²) in [6.45, 7) is -0.483. The molecule has 14 heavy (non-hydrogen) atoms. The maximum atomic E-state index is 12.1. The highest BCUT2D eigenvalue weighted by atomic mass is 32.2. The van der Waals surface area contributed by atoms with E-state index in [-0.39, 0.29) is 18.5 Å². The first-order valence-corrected chi connectivity index (χ1v) is 6.17. The molecule has 6 heteroatoms. The van der Waals surface area contributed by atoms with E-state index in [1.807, 2.05) is 6.26 Å². The van der Waals surface area contributed by atoms with Crippen molar-refractivity contribution in [2.24, 2.45) is 0 Å². The molecule has 0 aromatic carbocycles. The molecule has 0 aromatic rings. The van der Waals surface area contributed by atoms with Crippen LogP contribution >= 0.6 is 24.0 Å². The van der Waals surface area contributed by atoms with Crippen LogP contribution in [0.4, 0.5) is 4.39 Å². The lowest BCUT2D eigenvalue weighted by molar-refractivity contribution is -0.127. The van der Waals surface area contributed by atoms with Gasteiger partial charge in [-0.3, -0.25) is 9.69 Å².